The van der Waals surface area contributed by atoms with Gasteiger partial charge in [-0.3, -0.25) is 0 Å². The van der Waals surface area contributed by atoms with Crippen LogP contribution < -0.4 is 0 Å². The zero-order chi connectivity index (χ0) is 15.0. The van der Waals surface area contributed by atoms with E-state index in [4.69, 9.17) is 0 Å². The monoisotopic (exact) mass is 309 g/mol. The Kier molecular flexibility index (Phi) is 3.68. The Morgan fingerprint density at radius 1 is 1.29 bits per heavy atom. The number of hydrogen-bond donors (Lipinski definition) is 0. The number of piperidine rings is 1. The zero-order valence-electron chi connectivity index (χ0n) is 12.2. The molecular formula is C13H19N5O2S. The highest BCUT2D eigenvalue weighted by atomic mass is 32.2. The summed E-state index contributed by atoms with van der Waals surface area (Å²) in [6.07, 6.45) is 6.20. The Hall–Kier alpha value is -1.51. The predicted octanol–water partition coefficient (Wildman–Crippen LogP) is 1.06. The van der Waals surface area contributed by atoms with Gasteiger partial charge in [0.15, 0.2) is 5.65 Å². The molecule has 21 heavy (non-hydrogen) atoms. The molecule has 3 heterocycles. The number of aromatic nitrogens is 3. The Morgan fingerprint density at radius 2 is 2.10 bits per heavy atom. The first kappa shape index (κ1) is 14.4. The SMILES string of the molecule is CN(C)S(=O)(=O)N1CCCCC1c1ccn2nccc2n1. The van der Waals surface area contributed by atoms with Crippen LogP contribution in [-0.4, -0.2) is 52.3 Å². The van der Waals surface area contributed by atoms with Crippen LogP contribution in [0.5, 0.6) is 0 Å². The second-order valence-corrected chi connectivity index (χ2v) is 7.49. The maximum atomic E-state index is 12.5. The molecule has 1 aliphatic rings. The molecule has 0 N–H and O–H groups in total. The van der Waals surface area contributed by atoms with Gasteiger partial charge in [0.05, 0.1) is 17.9 Å². The van der Waals surface area contributed by atoms with Gasteiger partial charge in [0.2, 0.25) is 0 Å². The Bertz CT molecular complexity index is 740. The van der Waals surface area contributed by atoms with Crippen LogP contribution in [0.25, 0.3) is 5.65 Å². The third-order valence-corrected chi connectivity index (χ3v) is 5.79. The molecule has 8 heteroatoms. The second-order valence-electron chi connectivity index (χ2n) is 5.40. The van der Waals surface area contributed by atoms with Crippen molar-refractivity contribution < 1.29 is 8.42 Å². The van der Waals surface area contributed by atoms with Crippen molar-refractivity contribution in [3.8, 4) is 0 Å². The van der Waals surface area contributed by atoms with Crippen molar-refractivity contribution in [1.82, 2.24) is 23.2 Å². The fourth-order valence-electron chi connectivity index (χ4n) is 2.70. The summed E-state index contributed by atoms with van der Waals surface area (Å²) in [7, 11) is -0.305. The quantitative estimate of drug-likeness (QED) is 0.850. The number of nitrogens with zero attached hydrogens (tertiary/aromatic N) is 5. The van der Waals surface area contributed by atoms with E-state index in [2.05, 4.69) is 10.1 Å². The second kappa shape index (κ2) is 5.36. The van der Waals surface area contributed by atoms with Crippen LogP contribution in [0.4, 0.5) is 0 Å². The first-order valence-corrected chi connectivity index (χ1v) is 8.39. The topological polar surface area (TPSA) is 70.8 Å². The van der Waals surface area contributed by atoms with Crippen molar-refractivity contribution in [1.29, 1.82) is 0 Å². The van der Waals surface area contributed by atoms with Gasteiger partial charge in [-0.1, -0.05) is 6.42 Å². The summed E-state index contributed by atoms with van der Waals surface area (Å²) in [4.78, 5) is 4.56. The zero-order valence-corrected chi connectivity index (χ0v) is 13.0. The smallest absolute Gasteiger partial charge is 0.232 e. The van der Waals surface area contributed by atoms with E-state index >= 15 is 0 Å². The molecule has 1 aliphatic heterocycles. The minimum atomic E-state index is -3.43. The summed E-state index contributed by atoms with van der Waals surface area (Å²) in [5.41, 5.74) is 1.52. The van der Waals surface area contributed by atoms with Crippen molar-refractivity contribution in [2.24, 2.45) is 0 Å². The molecule has 1 atom stereocenters. The lowest BCUT2D eigenvalue weighted by Gasteiger charge is -2.35. The molecule has 0 spiro atoms. The third-order valence-electron chi connectivity index (χ3n) is 3.83. The molecule has 2 aromatic rings. The molecule has 1 saturated heterocycles. The van der Waals surface area contributed by atoms with Crippen molar-refractivity contribution in [2.45, 2.75) is 25.3 Å². The summed E-state index contributed by atoms with van der Waals surface area (Å²) in [6, 6.07) is 3.47. The van der Waals surface area contributed by atoms with E-state index < -0.39 is 10.2 Å². The van der Waals surface area contributed by atoms with E-state index in [1.54, 1.807) is 29.1 Å². The Balaban J connectivity index is 2.01. The molecular weight excluding hydrogens is 290 g/mol. The molecule has 3 rings (SSSR count). The summed E-state index contributed by atoms with van der Waals surface area (Å²) in [6.45, 7) is 0.539. The van der Waals surface area contributed by atoms with E-state index in [9.17, 15) is 8.42 Å². The van der Waals surface area contributed by atoms with E-state index in [0.29, 0.717) is 6.54 Å². The largest absolute Gasteiger partial charge is 0.282 e. The van der Waals surface area contributed by atoms with Crippen molar-refractivity contribution >= 4 is 15.9 Å². The number of rotatable bonds is 3. The van der Waals surface area contributed by atoms with Crippen LogP contribution in [-0.2, 0) is 10.2 Å². The Labute approximate surface area is 124 Å². The lowest BCUT2D eigenvalue weighted by atomic mass is 10.0. The van der Waals surface area contributed by atoms with Gasteiger partial charge < -0.3 is 0 Å². The first-order chi connectivity index (χ1) is 10.00. The molecule has 0 aliphatic carbocycles. The van der Waals surface area contributed by atoms with Gasteiger partial charge in [0.25, 0.3) is 10.2 Å². The molecule has 0 saturated carbocycles. The summed E-state index contributed by atoms with van der Waals surface area (Å²) in [5.74, 6) is 0. The average Bonchev–Trinajstić information content (AvgIpc) is 2.94. The van der Waals surface area contributed by atoms with E-state index in [1.807, 2.05) is 18.3 Å². The summed E-state index contributed by atoms with van der Waals surface area (Å²) >= 11 is 0. The standard InChI is InChI=1S/C13H19N5O2S/c1-16(2)21(19,20)18-9-4-3-5-12(18)11-7-10-17-13(15-11)6-8-14-17/h6-8,10,12H,3-5,9H2,1-2H3. The molecule has 0 radical (unpaired) electrons. The van der Waals surface area contributed by atoms with Crippen LogP contribution in [0, 0.1) is 0 Å². The lowest BCUT2D eigenvalue weighted by molar-refractivity contribution is 0.239. The molecule has 0 bridgehead atoms. The molecule has 0 amide bonds. The minimum absolute atomic E-state index is 0.203. The minimum Gasteiger partial charge on any atom is -0.232 e. The van der Waals surface area contributed by atoms with Crippen molar-refractivity contribution in [3.63, 3.8) is 0 Å². The fourth-order valence-corrected chi connectivity index (χ4v) is 4.01. The molecule has 114 valence electrons. The van der Waals surface area contributed by atoms with Crippen LogP contribution in [0.3, 0.4) is 0 Å². The highest BCUT2D eigenvalue weighted by Crippen LogP contribution is 2.32. The molecule has 2 aromatic heterocycles. The van der Waals surface area contributed by atoms with Gasteiger partial charge in [-0.2, -0.15) is 22.1 Å². The van der Waals surface area contributed by atoms with Crippen LogP contribution in [0.2, 0.25) is 0 Å². The Morgan fingerprint density at radius 3 is 2.86 bits per heavy atom. The van der Waals surface area contributed by atoms with E-state index in [1.165, 1.54) is 4.31 Å². The molecule has 1 fully saturated rings. The maximum absolute atomic E-state index is 12.5. The van der Waals surface area contributed by atoms with E-state index in [0.717, 1.165) is 30.6 Å². The van der Waals surface area contributed by atoms with Crippen LogP contribution in [0.15, 0.2) is 24.5 Å². The van der Waals surface area contributed by atoms with E-state index in [-0.39, 0.29) is 6.04 Å². The summed E-state index contributed by atoms with van der Waals surface area (Å²) < 4.78 is 29.5. The van der Waals surface area contributed by atoms with Gasteiger partial charge in [0.1, 0.15) is 0 Å². The molecule has 1 unspecified atom stereocenters. The van der Waals surface area contributed by atoms with Gasteiger partial charge in [-0.15, -0.1) is 0 Å². The highest BCUT2D eigenvalue weighted by Gasteiger charge is 2.35. The van der Waals surface area contributed by atoms with Crippen LogP contribution in [0.1, 0.15) is 31.0 Å². The van der Waals surface area contributed by atoms with Gasteiger partial charge in [-0.25, -0.2) is 9.50 Å². The molecule has 0 aromatic carbocycles. The normalized spacial score (nSPS) is 21.2. The van der Waals surface area contributed by atoms with Gasteiger partial charge in [0, 0.05) is 32.9 Å². The maximum Gasteiger partial charge on any atom is 0.282 e. The van der Waals surface area contributed by atoms with Crippen molar-refractivity contribution in [2.75, 3.05) is 20.6 Å². The van der Waals surface area contributed by atoms with Crippen LogP contribution >= 0.6 is 0 Å². The van der Waals surface area contributed by atoms with Gasteiger partial charge >= 0.3 is 0 Å². The van der Waals surface area contributed by atoms with Crippen molar-refractivity contribution in [3.05, 3.63) is 30.2 Å². The fraction of sp³-hybridized carbons (Fsp3) is 0.538. The predicted molar refractivity (Wildman–Crippen MR) is 78.9 cm³/mol. The average molecular weight is 309 g/mol. The summed E-state index contributed by atoms with van der Waals surface area (Å²) in [5, 5.41) is 4.12. The highest BCUT2D eigenvalue weighted by molar-refractivity contribution is 7.86. The number of hydrogen-bond acceptors (Lipinski definition) is 4. The number of fused-ring (bicyclic) bond motifs is 1. The van der Waals surface area contributed by atoms with Gasteiger partial charge in [-0.05, 0) is 18.9 Å². The lowest BCUT2D eigenvalue weighted by Crippen LogP contribution is -2.44. The molecule has 7 nitrogen and oxygen atoms in total. The third kappa shape index (κ3) is 2.54. The first-order valence-electron chi connectivity index (χ1n) is 7.00.